The van der Waals surface area contributed by atoms with Crippen molar-refractivity contribution in [3.63, 3.8) is 0 Å². The number of thiophene rings is 1. The molecule has 0 radical (unpaired) electrons. The van der Waals surface area contributed by atoms with E-state index >= 15 is 0 Å². The molecule has 1 saturated carbocycles. The third-order valence-electron chi connectivity index (χ3n) is 7.07. The van der Waals surface area contributed by atoms with Gasteiger partial charge in [0, 0.05) is 30.6 Å². The maximum atomic E-state index is 13.8. The number of amidine groups is 1. The zero-order valence-electron chi connectivity index (χ0n) is 20.7. The van der Waals surface area contributed by atoms with Gasteiger partial charge in [-0.2, -0.15) is 8.42 Å². The molecule has 3 heterocycles. The maximum Gasteiger partial charge on any atom is 0.287 e. The molecule has 1 aromatic heterocycles. The highest BCUT2D eigenvalue weighted by Crippen LogP contribution is 2.42. The van der Waals surface area contributed by atoms with Crippen molar-refractivity contribution < 1.29 is 31.1 Å². The molecule has 5 rings (SSSR count). The van der Waals surface area contributed by atoms with E-state index in [1.165, 1.54) is 11.4 Å². The fourth-order valence-corrected chi connectivity index (χ4v) is 8.32. The predicted molar refractivity (Wildman–Crippen MR) is 141 cm³/mol. The van der Waals surface area contributed by atoms with Gasteiger partial charge in [-0.15, -0.1) is 15.7 Å². The van der Waals surface area contributed by atoms with Crippen LogP contribution in [0.25, 0.3) is 0 Å². The van der Waals surface area contributed by atoms with Crippen LogP contribution in [0.2, 0.25) is 0 Å². The summed E-state index contributed by atoms with van der Waals surface area (Å²) in [5.41, 5.74) is 1.18. The van der Waals surface area contributed by atoms with Crippen LogP contribution in [0.5, 0.6) is 0 Å². The number of sulfonamides is 2. The molecule has 2 aromatic rings. The highest BCUT2D eigenvalue weighted by molar-refractivity contribution is 7.91. The number of halogens is 1. The summed E-state index contributed by atoms with van der Waals surface area (Å²) in [6.07, 6.45) is 4.00. The van der Waals surface area contributed by atoms with Gasteiger partial charge in [-0.3, -0.25) is 4.79 Å². The van der Waals surface area contributed by atoms with Crippen LogP contribution in [0, 0.1) is 18.7 Å². The number of aliphatic hydroxyl groups excluding tert-OH is 1. The van der Waals surface area contributed by atoms with E-state index in [1.54, 1.807) is 24.0 Å². The molecule has 2 aliphatic heterocycles. The number of aryl methyl sites for hydroxylation is 1. The molecular formula is C24H27FN4O6S3. The number of carbonyl (C=O) groups excluding carboxylic acids is 1. The van der Waals surface area contributed by atoms with Crippen LogP contribution in [0.15, 0.2) is 44.2 Å². The van der Waals surface area contributed by atoms with Gasteiger partial charge >= 0.3 is 0 Å². The van der Waals surface area contributed by atoms with Gasteiger partial charge in [0.25, 0.3) is 15.9 Å². The van der Waals surface area contributed by atoms with Crippen molar-refractivity contribution in [2.45, 2.75) is 56.6 Å². The van der Waals surface area contributed by atoms with E-state index in [9.17, 15) is 31.1 Å². The molecule has 10 nitrogen and oxygen atoms in total. The summed E-state index contributed by atoms with van der Waals surface area (Å²) in [5, 5.41) is 15.8. The van der Waals surface area contributed by atoms with E-state index in [0.29, 0.717) is 18.4 Å². The number of fused-ring (bicyclic) bond motifs is 2. The first-order chi connectivity index (χ1) is 17.9. The number of hydrogen-bond donors (Lipinski definition) is 3. The van der Waals surface area contributed by atoms with E-state index in [0.717, 1.165) is 36.0 Å². The van der Waals surface area contributed by atoms with Crippen LogP contribution >= 0.6 is 11.3 Å². The van der Waals surface area contributed by atoms with Gasteiger partial charge in [0.15, 0.2) is 5.84 Å². The molecule has 0 spiro atoms. The van der Waals surface area contributed by atoms with Crippen molar-refractivity contribution in [1.29, 1.82) is 0 Å². The third-order valence-corrected chi connectivity index (χ3v) is 10.2. The third kappa shape index (κ3) is 4.97. The lowest BCUT2D eigenvalue weighted by molar-refractivity contribution is -0.133. The molecule has 0 saturated heterocycles. The molecule has 0 unspecified atom stereocenters. The Hall–Kier alpha value is -2.81. The highest BCUT2D eigenvalue weighted by Gasteiger charge is 2.46. The Morgan fingerprint density at radius 1 is 1.29 bits per heavy atom. The van der Waals surface area contributed by atoms with Gasteiger partial charge in [-0.05, 0) is 42.3 Å². The van der Waals surface area contributed by atoms with E-state index in [4.69, 9.17) is 0 Å². The van der Waals surface area contributed by atoms with Gasteiger partial charge in [-0.25, -0.2) is 17.5 Å². The quantitative estimate of drug-likeness (QED) is 0.474. The molecule has 1 aromatic carbocycles. The fraction of sp³-hybridized carbons (Fsp3) is 0.417. The van der Waals surface area contributed by atoms with Crippen molar-refractivity contribution in [3.8, 4) is 0 Å². The number of nitrogens with zero attached hydrogens (tertiary/aromatic N) is 2. The highest BCUT2D eigenvalue weighted by atomic mass is 32.2. The molecule has 1 amide bonds. The van der Waals surface area contributed by atoms with E-state index in [2.05, 4.69) is 14.4 Å². The first kappa shape index (κ1) is 26.8. The Bertz CT molecular complexity index is 1600. The topological polar surface area (TPSA) is 145 Å². The van der Waals surface area contributed by atoms with Crippen LogP contribution in [0.3, 0.4) is 0 Å². The number of anilines is 1. The number of nitrogens with one attached hydrogen (secondary N) is 2. The average molecular weight is 583 g/mol. The van der Waals surface area contributed by atoms with Crippen LogP contribution in [0.4, 0.5) is 9.39 Å². The zero-order valence-corrected chi connectivity index (χ0v) is 23.1. The molecule has 3 aliphatic rings. The predicted octanol–water partition coefficient (Wildman–Crippen LogP) is 3.17. The Balaban J connectivity index is 1.52. The van der Waals surface area contributed by atoms with Crippen LogP contribution in [-0.2, 0) is 37.9 Å². The summed E-state index contributed by atoms with van der Waals surface area (Å²) in [6.45, 7) is 1.57. The standard InChI is InChI=1S/C24H27FN4O6S3/c1-13-9-14(7-8-17(13)25)11-29-18-6-4-3-5-16(18)20(30)19(24(29)31)22-27-23-21(38(34,35)28-22)15(12-36-23)10-26-37(2,32)33/h7-9,12,16,18,26,30H,3-6,10-11H2,1-2H3,(H,27,28)/t16-,18+/m0/s1. The van der Waals surface area contributed by atoms with Crippen molar-refractivity contribution in [1.82, 2.24) is 9.62 Å². The summed E-state index contributed by atoms with van der Waals surface area (Å²) in [4.78, 5) is 15.3. The van der Waals surface area contributed by atoms with Gasteiger partial charge in [0.1, 0.15) is 27.0 Å². The number of benzene rings is 1. The normalized spacial score (nSPS) is 23.0. The molecule has 1 aliphatic carbocycles. The van der Waals surface area contributed by atoms with Crippen LogP contribution in [0.1, 0.15) is 42.4 Å². The molecular weight excluding hydrogens is 555 g/mol. The van der Waals surface area contributed by atoms with Gasteiger partial charge in [-0.1, -0.05) is 25.0 Å². The van der Waals surface area contributed by atoms with Crippen LogP contribution in [-0.4, -0.2) is 50.9 Å². The van der Waals surface area contributed by atoms with Gasteiger partial charge < -0.3 is 15.3 Å². The smallest absolute Gasteiger partial charge is 0.287 e. The second-order valence-electron chi connectivity index (χ2n) is 9.79. The SMILES string of the molecule is Cc1cc(CN2C(=O)C(C3=NS(=O)(=O)c4c(CNS(C)(=O)=O)csc4N3)=C(O)[C@H]3CCCC[C@H]32)ccc1F. The summed E-state index contributed by atoms with van der Waals surface area (Å²) in [5.74, 6) is -1.76. The molecule has 14 heteroatoms. The molecule has 3 N–H and O–H groups in total. The lowest BCUT2D eigenvalue weighted by atomic mass is 9.78. The zero-order chi connectivity index (χ0) is 27.4. The van der Waals surface area contributed by atoms with Crippen molar-refractivity contribution >= 4 is 48.1 Å². The van der Waals surface area contributed by atoms with Crippen molar-refractivity contribution in [3.05, 3.63) is 57.4 Å². The molecule has 1 fully saturated rings. The Kier molecular flexibility index (Phi) is 6.86. The minimum absolute atomic E-state index is 0.167. The minimum atomic E-state index is -4.32. The average Bonchev–Trinajstić information content (AvgIpc) is 3.26. The first-order valence-corrected chi connectivity index (χ1v) is 16.2. The lowest BCUT2D eigenvalue weighted by Gasteiger charge is -2.44. The molecule has 38 heavy (non-hydrogen) atoms. The molecule has 0 bridgehead atoms. The van der Waals surface area contributed by atoms with Crippen LogP contribution < -0.4 is 10.0 Å². The second kappa shape index (κ2) is 9.74. The first-order valence-electron chi connectivity index (χ1n) is 12.0. The monoisotopic (exact) mass is 582 g/mol. The second-order valence-corrected chi connectivity index (χ2v) is 14.0. The minimum Gasteiger partial charge on any atom is -0.511 e. The number of rotatable bonds is 6. The summed E-state index contributed by atoms with van der Waals surface area (Å²) in [7, 11) is -7.88. The Morgan fingerprint density at radius 3 is 2.74 bits per heavy atom. The van der Waals surface area contributed by atoms with E-state index < -0.39 is 26.0 Å². The molecule has 2 atom stereocenters. The summed E-state index contributed by atoms with van der Waals surface area (Å²) in [6, 6.07) is 4.34. The maximum absolute atomic E-state index is 13.8. The summed E-state index contributed by atoms with van der Waals surface area (Å²) < 4.78 is 69.4. The van der Waals surface area contributed by atoms with Gasteiger partial charge in [0.05, 0.1) is 6.26 Å². The van der Waals surface area contributed by atoms with E-state index in [-0.39, 0.29) is 63.5 Å². The van der Waals surface area contributed by atoms with Crippen molar-refractivity contribution in [2.24, 2.45) is 10.3 Å². The number of hydrogen-bond acceptors (Lipinski definition) is 8. The number of amides is 1. The lowest BCUT2D eigenvalue weighted by Crippen LogP contribution is -2.52. The summed E-state index contributed by atoms with van der Waals surface area (Å²) >= 11 is 1.03. The Labute approximate surface area is 224 Å². The van der Waals surface area contributed by atoms with Gasteiger partial charge in [0.2, 0.25) is 10.0 Å². The Morgan fingerprint density at radius 2 is 2.03 bits per heavy atom. The molecule has 204 valence electrons. The number of carbonyl (C=O) groups is 1. The van der Waals surface area contributed by atoms with Crippen molar-refractivity contribution in [2.75, 3.05) is 11.6 Å². The number of aliphatic hydroxyl groups is 1. The largest absolute Gasteiger partial charge is 0.511 e. The fourth-order valence-electron chi connectivity index (χ4n) is 5.29. The van der Waals surface area contributed by atoms with E-state index in [1.807, 2.05) is 0 Å².